The number of pyridine rings is 1. The lowest BCUT2D eigenvalue weighted by Crippen LogP contribution is -2.16. The van der Waals surface area contributed by atoms with Crippen LogP contribution in [0.25, 0.3) is 21.2 Å². The van der Waals surface area contributed by atoms with Crippen LogP contribution in [-0.2, 0) is 6.54 Å². The number of nitrogens with one attached hydrogen (secondary N) is 1. The zero-order chi connectivity index (χ0) is 14.9. The summed E-state index contributed by atoms with van der Waals surface area (Å²) in [4.78, 5) is 18.0. The molecule has 23 heavy (non-hydrogen) atoms. The molecule has 0 bridgehead atoms. The predicted octanol–water partition coefficient (Wildman–Crippen LogP) is 3.32. The molecule has 7 heteroatoms. The summed E-state index contributed by atoms with van der Waals surface area (Å²) in [5, 5.41) is 8.47. The van der Waals surface area contributed by atoms with E-state index in [2.05, 4.69) is 39.4 Å². The van der Waals surface area contributed by atoms with E-state index in [9.17, 15) is 4.79 Å². The van der Waals surface area contributed by atoms with Crippen molar-refractivity contribution < 1.29 is 0 Å². The van der Waals surface area contributed by atoms with Crippen molar-refractivity contribution in [1.29, 1.82) is 0 Å². The number of halogens is 1. The van der Waals surface area contributed by atoms with Gasteiger partial charge in [-0.25, -0.2) is 9.89 Å². The number of rotatable bonds is 3. The Bertz CT molecular complexity index is 999. The second kappa shape index (κ2) is 6.36. The van der Waals surface area contributed by atoms with E-state index >= 15 is 0 Å². The van der Waals surface area contributed by atoms with E-state index in [1.807, 2.05) is 24.5 Å². The predicted molar refractivity (Wildman–Crippen MR) is 94.3 cm³/mol. The summed E-state index contributed by atoms with van der Waals surface area (Å²) < 4.78 is 1.56. The number of benzene rings is 1. The highest BCUT2D eigenvalue weighted by Gasteiger charge is 2.08. The molecule has 4 rings (SSSR count). The average Bonchev–Trinajstić information content (AvgIpc) is 3.17. The van der Waals surface area contributed by atoms with Gasteiger partial charge in [-0.05, 0) is 29.1 Å². The number of hydrogen-bond acceptors (Lipinski definition) is 4. The van der Waals surface area contributed by atoms with Crippen LogP contribution in [0.1, 0.15) is 4.88 Å². The summed E-state index contributed by atoms with van der Waals surface area (Å²) >= 11 is 1.69. The molecule has 116 valence electrons. The molecule has 0 saturated heterocycles. The number of aromatic nitrogens is 4. The van der Waals surface area contributed by atoms with E-state index in [0.717, 1.165) is 10.3 Å². The Balaban J connectivity index is 0.00000156. The summed E-state index contributed by atoms with van der Waals surface area (Å²) in [6.07, 6.45) is 5.20. The zero-order valence-corrected chi connectivity index (χ0v) is 13.6. The number of fused-ring (bicyclic) bond motifs is 1. The van der Waals surface area contributed by atoms with Gasteiger partial charge >= 0.3 is 5.69 Å². The van der Waals surface area contributed by atoms with Gasteiger partial charge in [-0.2, -0.15) is 5.10 Å². The maximum atomic E-state index is 11.5. The van der Waals surface area contributed by atoms with Crippen LogP contribution in [0.4, 0.5) is 0 Å². The first kappa shape index (κ1) is 15.5. The van der Waals surface area contributed by atoms with Crippen LogP contribution in [0.3, 0.4) is 0 Å². The van der Waals surface area contributed by atoms with Crippen LogP contribution in [0.5, 0.6) is 0 Å². The van der Waals surface area contributed by atoms with E-state index < -0.39 is 0 Å². The van der Waals surface area contributed by atoms with Crippen molar-refractivity contribution in [3.8, 4) is 10.4 Å². The Hall–Kier alpha value is -2.44. The number of nitrogens with zero attached hydrogens (tertiary/aromatic N) is 3. The Labute approximate surface area is 142 Å². The molecule has 0 saturated carbocycles. The van der Waals surface area contributed by atoms with Gasteiger partial charge in [-0.1, -0.05) is 18.2 Å². The monoisotopic (exact) mass is 344 g/mol. The number of hydrogen-bond donors (Lipinski definition) is 1. The molecule has 3 aromatic heterocycles. The van der Waals surface area contributed by atoms with E-state index in [-0.39, 0.29) is 18.1 Å². The Kier molecular flexibility index (Phi) is 4.27. The number of thiophene rings is 1. The molecule has 0 amide bonds. The van der Waals surface area contributed by atoms with Gasteiger partial charge < -0.3 is 0 Å². The average molecular weight is 345 g/mol. The summed E-state index contributed by atoms with van der Waals surface area (Å²) in [6.45, 7) is 0.534. The third-order valence-corrected chi connectivity index (χ3v) is 4.66. The lowest BCUT2D eigenvalue weighted by Gasteiger charge is -2.03. The Morgan fingerprint density at radius 2 is 2.09 bits per heavy atom. The standard InChI is InChI=1S/C16H12N4OS.ClH/c21-16-19-18-10-20(16)9-12-4-5-15(22-12)14-3-1-2-11-8-17-7-6-13(11)14;/h1-8,10H,9H2,(H,19,21);1H. The minimum Gasteiger partial charge on any atom is -0.276 e. The van der Waals surface area contributed by atoms with Gasteiger partial charge in [0.25, 0.3) is 0 Å². The molecule has 5 nitrogen and oxygen atoms in total. The van der Waals surface area contributed by atoms with Gasteiger partial charge in [0.1, 0.15) is 6.33 Å². The summed E-state index contributed by atoms with van der Waals surface area (Å²) in [5.74, 6) is 0. The van der Waals surface area contributed by atoms with Crippen LogP contribution >= 0.6 is 23.7 Å². The maximum Gasteiger partial charge on any atom is 0.343 e. The highest BCUT2D eigenvalue weighted by Crippen LogP contribution is 2.33. The number of aromatic amines is 1. The van der Waals surface area contributed by atoms with Gasteiger partial charge in [-0.15, -0.1) is 23.7 Å². The Morgan fingerprint density at radius 1 is 1.17 bits per heavy atom. The third-order valence-electron chi connectivity index (χ3n) is 3.55. The second-order valence-corrected chi connectivity index (χ2v) is 6.13. The van der Waals surface area contributed by atoms with E-state index in [1.54, 1.807) is 15.9 Å². The first-order valence-corrected chi connectivity index (χ1v) is 7.64. The minimum absolute atomic E-state index is 0. The molecule has 0 fully saturated rings. The van der Waals surface area contributed by atoms with Crippen LogP contribution in [0.15, 0.2) is 59.9 Å². The molecule has 0 aliphatic carbocycles. The van der Waals surface area contributed by atoms with Gasteiger partial charge in [0.05, 0.1) is 6.54 Å². The fourth-order valence-corrected chi connectivity index (χ4v) is 3.54. The molecule has 0 atom stereocenters. The fourth-order valence-electron chi connectivity index (χ4n) is 2.50. The zero-order valence-electron chi connectivity index (χ0n) is 12.0. The molecule has 4 aromatic rings. The largest absolute Gasteiger partial charge is 0.343 e. The van der Waals surface area contributed by atoms with Crippen molar-refractivity contribution in [2.45, 2.75) is 6.54 Å². The van der Waals surface area contributed by atoms with Gasteiger partial charge in [0, 0.05) is 27.5 Å². The van der Waals surface area contributed by atoms with E-state index in [1.165, 1.54) is 22.2 Å². The van der Waals surface area contributed by atoms with Gasteiger partial charge in [0.2, 0.25) is 0 Å². The quantitative estimate of drug-likeness (QED) is 0.620. The van der Waals surface area contributed by atoms with Crippen LogP contribution < -0.4 is 5.69 Å². The molecular weight excluding hydrogens is 332 g/mol. The summed E-state index contributed by atoms with van der Waals surface area (Å²) in [5.41, 5.74) is 1.00. The third kappa shape index (κ3) is 2.91. The molecule has 1 N–H and O–H groups in total. The van der Waals surface area contributed by atoms with Crippen molar-refractivity contribution in [1.82, 2.24) is 19.7 Å². The van der Waals surface area contributed by atoms with Crippen LogP contribution in [0.2, 0.25) is 0 Å². The maximum absolute atomic E-state index is 11.5. The molecule has 1 aromatic carbocycles. The van der Waals surface area contributed by atoms with Crippen molar-refractivity contribution in [2.75, 3.05) is 0 Å². The second-order valence-electron chi connectivity index (χ2n) is 4.96. The highest BCUT2D eigenvalue weighted by molar-refractivity contribution is 7.15. The fraction of sp³-hybridized carbons (Fsp3) is 0.0625. The molecule has 0 unspecified atom stereocenters. The topological polar surface area (TPSA) is 63.6 Å². The molecular formula is C16H13ClN4OS. The summed E-state index contributed by atoms with van der Waals surface area (Å²) in [6, 6.07) is 12.4. The molecule has 0 aliphatic heterocycles. The SMILES string of the molecule is Cl.O=c1[nH]ncn1Cc1ccc(-c2cccc3cnccc23)s1. The van der Waals surface area contributed by atoms with Crippen molar-refractivity contribution in [3.63, 3.8) is 0 Å². The highest BCUT2D eigenvalue weighted by atomic mass is 35.5. The normalized spacial score (nSPS) is 10.6. The minimum atomic E-state index is -0.189. The van der Waals surface area contributed by atoms with E-state index in [4.69, 9.17) is 0 Å². The molecule has 3 heterocycles. The van der Waals surface area contributed by atoms with Gasteiger partial charge in [-0.3, -0.25) is 9.55 Å². The van der Waals surface area contributed by atoms with E-state index in [0.29, 0.717) is 6.54 Å². The molecule has 0 aliphatic rings. The first-order chi connectivity index (χ1) is 10.8. The van der Waals surface area contributed by atoms with Gasteiger partial charge in [0.15, 0.2) is 0 Å². The van der Waals surface area contributed by atoms with Crippen molar-refractivity contribution in [3.05, 3.63) is 70.5 Å². The smallest absolute Gasteiger partial charge is 0.276 e. The molecule has 0 radical (unpaired) electrons. The van der Waals surface area contributed by atoms with Crippen molar-refractivity contribution in [2.24, 2.45) is 0 Å². The first-order valence-electron chi connectivity index (χ1n) is 6.83. The Morgan fingerprint density at radius 3 is 2.91 bits per heavy atom. The van der Waals surface area contributed by atoms with Crippen molar-refractivity contribution >= 4 is 34.5 Å². The lowest BCUT2D eigenvalue weighted by molar-refractivity contribution is 0.772. The van der Waals surface area contributed by atoms with Crippen LogP contribution in [0, 0.1) is 0 Å². The van der Waals surface area contributed by atoms with Crippen LogP contribution in [-0.4, -0.2) is 19.7 Å². The number of H-pyrrole nitrogens is 1. The lowest BCUT2D eigenvalue weighted by atomic mass is 10.1. The summed E-state index contributed by atoms with van der Waals surface area (Å²) in [7, 11) is 0. The molecule has 0 spiro atoms.